The lowest BCUT2D eigenvalue weighted by Crippen LogP contribution is -2.43. The second kappa shape index (κ2) is 4.28. The topological polar surface area (TPSA) is 79.2 Å². The molecule has 0 aromatic heterocycles. The second-order valence-corrected chi connectivity index (χ2v) is 8.40. The van der Waals surface area contributed by atoms with Crippen molar-refractivity contribution in [3.63, 3.8) is 0 Å². The van der Waals surface area contributed by atoms with Crippen molar-refractivity contribution >= 4 is 17.4 Å². The van der Waals surface area contributed by atoms with Gasteiger partial charge in [-0.15, -0.1) is 6.58 Å². The van der Waals surface area contributed by atoms with Crippen molar-refractivity contribution in [3.05, 3.63) is 12.7 Å². The first-order valence-corrected chi connectivity index (χ1v) is 8.28. The number of hydrogen-bond acceptors (Lipinski definition) is 5. The van der Waals surface area contributed by atoms with Crippen molar-refractivity contribution in [1.82, 2.24) is 0 Å². The zero-order valence-electron chi connectivity index (χ0n) is 7.15. The average molecular weight is 210 g/mol. The highest BCUT2D eigenvalue weighted by molar-refractivity contribution is 6.71. The van der Waals surface area contributed by atoms with Gasteiger partial charge in [-0.05, 0) is 19.1 Å². The van der Waals surface area contributed by atoms with Gasteiger partial charge in [-0.2, -0.15) is 0 Å². The summed E-state index contributed by atoms with van der Waals surface area (Å²) in [4.78, 5) is 25.3. The van der Waals surface area contributed by atoms with E-state index in [4.69, 9.17) is 19.0 Å². The third kappa shape index (κ3) is 6.67. The lowest BCUT2D eigenvalue weighted by atomic mass is 10.8. The molecule has 0 rings (SSSR count). The predicted octanol–water partition coefficient (Wildman–Crippen LogP) is -0.262. The minimum atomic E-state index is -4.52. The Bertz CT molecular complexity index is 152. The van der Waals surface area contributed by atoms with Crippen LogP contribution in [0.25, 0.3) is 0 Å². The van der Waals surface area contributed by atoms with Crippen LogP contribution in [0, 0.1) is 0 Å². The van der Waals surface area contributed by atoms with E-state index in [-0.39, 0.29) is 0 Å². The molecule has 5 nitrogen and oxygen atoms in total. The molecule has 12 heavy (non-hydrogen) atoms. The van der Waals surface area contributed by atoms with Gasteiger partial charge in [-0.1, -0.05) is 6.08 Å². The summed E-state index contributed by atoms with van der Waals surface area (Å²) >= 11 is 0. The molecule has 72 valence electrons. The Hall–Kier alpha value is -0.0262. The van der Waals surface area contributed by atoms with Crippen LogP contribution < -0.4 is 0 Å². The van der Waals surface area contributed by atoms with Crippen LogP contribution >= 0.6 is 0 Å². The number of allylic oxidation sites excluding steroid dienone is 1. The molecule has 0 amide bonds. The van der Waals surface area contributed by atoms with E-state index in [9.17, 15) is 0 Å². The van der Waals surface area contributed by atoms with Crippen LogP contribution in [0.1, 0.15) is 0 Å². The molecule has 0 aliphatic heterocycles. The molecule has 0 aromatic rings. The fourth-order valence-electron chi connectivity index (χ4n) is 0.550. The van der Waals surface area contributed by atoms with Crippen molar-refractivity contribution in [2.24, 2.45) is 0 Å². The minimum absolute atomic E-state index is 0.609. The molecule has 0 saturated carbocycles. The van der Waals surface area contributed by atoms with E-state index >= 15 is 0 Å². The van der Waals surface area contributed by atoms with E-state index in [1.54, 1.807) is 19.2 Å². The quantitative estimate of drug-likeness (QED) is 0.252. The Balaban J connectivity index is 3.83. The maximum Gasteiger partial charge on any atom is 0.698 e. The first-order chi connectivity index (χ1) is 5.27. The predicted molar refractivity (Wildman–Crippen MR) is 47.1 cm³/mol. The Kier molecular flexibility index (Phi) is 4.27. The standard InChI is InChI=1S/C5H14O5Si2/c1-4-5-11(2,3)9-10-12(6,7)8/h4,6-8H,1,5H2,2-3H3. The third-order valence-corrected chi connectivity index (χ3v) is 3.29. The van der Waals surface area contributed by atoms with Gasteiger partial charge in [-0.25, -0.2) is 4.58 Å². The van der Waals surface area contributed by atoms with Crippen LogP contribution in [0.5, 0.6) is 0 Å². The van der Waals surface area contributed by atoms with Crippen LogP contribution in [0.3, 0.4) is 0 Å². The van der Waals surface area contributed by atoms with Crippen LogP contribution in [0.2, 0.25) is 19.1 Å². The zero-order valence-corrected chi connectivity index (χ0v) is 9.15. The zero-order chi connectivity index (χ0) is 9.83. The highest BCUT2D eigenvalue weighted by Gasteiger charge is 2.36. The summed E-state index contributed by atoms with van der Waals surface area (Å²) < 4.78 is 8.78. The molecule has 3 N–H and O–H groups in total. The lowest BCUT2D eigenvalue weighted by molar-refractivity contribution is -0.187. The summed E-state index contributed by atoms with van der Waals surface area (Å²) in [5, 5.41) is 0. The van der Waals surface area contributed by atoms with Crippen LogP contribution in [-0.2, 0) is 9.15 Å². The molecule has 0 saturated heterocycles. The average Bonchev–Trinajstić information content (AvgIpc) is 1.83. The van der Waals surface area contributed by atoms with E-state index in [1.165, 1.54) is 0 Å². The van der Waals surface area contributed by atoms with Crippen molar-refractivity contribution < 1.29 is 23.5 Å². The summed E-state index contributed by atoms with van der Waals surface area (Å²) in [7, 11) is -6.62. The van der Waals surface area contributed by atoms with Gasteiger partial charge in [0.15, 0.2) is 0 Å². The molecular weight excluding hydrogens is 196 g/mol. The monoisotopic (exact) mass is 210 g/mol. The van der Waals surface area contributed by atoms with Crippen molar-refractivity contribution in [3.8, 4) is 0 Å². The van der Waals surface area contributed by atoms with Gasteiger partial charge in [0.05, 0.1) is 0 Å². The van der Waals surface area contributed by atoms with Crippen LogP contribution in [0.15, 0.2) is 12.7 Å². The normalized spacial score (nSPS) is 13.1. The Labute approximate surface area is 73.4 Å². The van der Waals surface area contributed by atoms with Crippen molar-refractivity contribution in [2.75, 3.05) is 0 Å². The molecular formula is C5H14O5Si2. The molecule has 0 heterocycles. The molecule has 0 radical (unpaired) electrons. The highest BCUT2D eigenvalue weighted by Crippen LogP contribution is 2.12. The second-order valence-electron chi connectivity index (χ2n) is 2.99. The third-order valence-electron chi connectivity index (χ3n) is 1.01. The van der Waals surface area contributed by atoms with Gasteiger partial charge in [-0.3, -0.25) is 4.58 Å². The van der Waals surface area contributed by atoms with Crippen LogP contribution in [-0.4, -0.2) is 31.8 Å². The van der Waals surface area contributed by atoms with E-state index in [1.807, 2.05) is 0 Å². The summed E-state index contributed by atoms with van der Waals surface area (Å²) in [5.41, 5.74) is 0. The molecule has 0 aliphatic rings. The van der Waals surface area contributed by atoms with Gasteiger partial charge in [0.2, 0.25) is 8.32 Å². The Morgan fingerprint density at radius 2 is 1.75 bits per heavy atom. The molecule has 0 fully saturated rings. The van der Waals surface area contributed by atoms with Gasteiger partial charge in [0.25, 0.3) is 0 Å². The number of hydrogen-bond donors (Lipinski definition) is 3. The molecule has 0 atom stereocenters. The van der Waals surface area contributed by atoms with E-state index < -0.39 is 17.4 Å². The maximum atomic E-state index is 8.45. The van der Waals surface area contributed by atoms with Gasteiger partial charge in [0, 0.05) is 0 Å². The van der Waals surface area contributed by atoms with Crippen molar-refractivity contribution in [1.29, 1.82) is 0 Å². The summed E-state index contributed by atoms with van der Waals surface area (Å²) in [6.07, 6.45) is 1.66. The SMILES string of the molecule is C=CC[Si](C)(C)OO[Si](O)(O)O. The lowest BCUT2D eigenvalue weighted by Gasteiger charge is -2.21. The summed E-state index contributed by atoms with van der Waals surface area (Å²) in [6.45, 7) is 7.11. The van der Waals surface area contributed by atoms with Crippen LogP contribution in [0.4, 0.5) is 0 Å². The number of rotatable bonds is 5. The first-order valence-electron chi connectivity index (χ1n) is 3.42. The molecule has 0 spiro atoms. The highest BCUT2D eigenvalue weighted by atomic mass is 28.4. The minimum Gasteiger partial charge on any atom is -0.366 e. The Morgan fingerprint density at radius 3 is 2.08 bits per heavy atom. The Morgan fingerprint density at radius 1 is 1.25 bits per heavy atom. The maximum absolute atomic E-state index is 8.45. The van der Waals surface area contributed by atoms with Gasteiger partial charge >= 0.3 is 9.05 Å². The van der Waals surface area contributed by atoms with Crippen molar-refractivity contribution in [2.45, 2.75) is 19.1 Å². The fraction of sp³-hybridized carbons (Fsp3) is 0.600. The fourth-order valence-corrected chi connectivity index (χ4v) is 2.66. The summed E-state index contributed by atoms with van der Waals surface area (Å²) in [6, 6.07) is 0.609. The first kappa shape index (κ1) is 12.0. The molecule has 0 unspecified atom stereocenters. The molecule has 0 aromatic carbocycles. The van der Waals surface area contributed by atoms with Gasteiger partial charge < -0.3 is 14.4 Å². The summed E-state index contributed by atoms with van der Waals surface area (Å²) in [5.74, 6) is 0. The largest absolute Gasteiger partial charge is 0.698 e. The van der Waals surface area contributed by atoms with E-state index in [0.717, 1.165) is 0 Å². The molecule has 0 bridgehead atoms. The van der Waals surface area contributed by atoms with E-state index in [2.05, 4.69) is 11.2 Å². The molecule has 7 heteroatoms. The van der Waals surface area contributed by atoms with Gasteiger partial charge in [0.1, 0.15) is 0 Å². The van der Waals surface area contributed by atoms with E-state index in [0.29, 0.717) is 6.04 Å². The smallest absolute Gasteiger partial charge is 0.366 e. The molecule has 0 aliphatic carbocycles.